The van der Waals surface area contributed by atoms with E-state index in [0.29, 0.717) is 35.0 Å². The summed E-state index contributed by atoms with van der Waals surface area (Å²) in [4.78, 5) is 36.4. The van der Waals surface area contributed by atoms with Gasteiger partial charge in [-0.2, -0.15) is 0 Å². The Hall–Kier alpha value is -2.61. The summed E-state index contributed by atoms with van der Waals surface area (Å²) < 4.78 is 0. The number of anilines is 1. The molecule has 5 rings (SSSR count). The van der Waals surface area contributed by atoms with Crippen LogP contribution in [0.1, 0.15) is 121 Å². The minimum atomic E-state index is -0.316. The summed E-state index contributed by atoms with van der Waals surface area (Å²) in [5, 5.41) is 17.8. The minimum absolute atomic E-state index is 0.0898. The van der Waals surface area contributed by atoms with Crippen LogP contribution in [0.3, 0.4) is 0 Å². The summed E-state index contributed by atoms with van der Waals surface area (Å²) in [5.41, 5.74) is 3.55. The van der Waals surface area contributed by atoms with Crippen LogP contribution in [-0.2, 0) is 4.79 Å². The van der Waals surface area contributed by atoms with Gasteiger partial charge >= 0.3 is 6.03 Å². The maximum absolute atomic E-state index is 13.0. The predicted octanol–water partition coefficient (Wildman–Crippen LogP) is 6.30. The van der Waals surface area contributed by atoms with Crippen LogP contribution in [0.15, 0.2) is 24.3 Å². The number of hydrogen-bond donors (Lipinski definition) is 5. The fourth-order valence-electron chi connectivity index (χ4n) is 8.53. The average Bonchev–Trinajstić information content (AvgIpc) is 2.84. The van der Waals surface area contributed by atoms with Gasteiger partial charge < -0.3 is 16.0 Å². The highest BCUT2D eigenvalue weighted by molar-refractivity contribution is 5.95. The Morgan fingerprint density at radius 1 is 0.821 bits per heavy atom. The summed E-state index contributed by atoms with van der Waals surface area (Å²) in [7, 11) is 0. The zero-order chi connectivity index (χ0) is 27.9. The van der Waals surface area contributed by atoms with Crippen LogP contribution in [0.4, 0.5) is 10.5 Å². The van der Waals surface area contributed by atoms with Gasteiger partial charge in [0, 0.05) is 29.8 Å². The van der Waals surface area contributed by atoms with E-state index in [4.69, 9.17) is 5.21 Å². The monoisotopic (exact) mass is 540 g/mol. The molecule has 39 heavy (non-hydrogen) atoms. The summed E-state index contributed by atoms with van der Waals surface area (Å²) in [6.07, 6.45) is 15.9. The van der Waals surface area contributed by atoms with Gasteiger partial charge in [0.15, 0.2) is 0 Å². The first-order valence-electron chi connectivity index (χ1n) is 15.0. The van der Waals surface area contributed by atoms with Crippen molar-refractivity contribution < 1.29 is 19.6 Å². The van der Waals surface area contributed by atoms with E-state index < -0.39 is 0 Å². The quantitative estimate of drug-likeness (QED) is 0.108. The Balaban J connectivity index is 1.10. The fourth-order valence-corrected chi connectivity index (χ4v) is 8.53. The number of benzene rings is 1. The molecule has 5 N–H and O–H groups in total. The molecule has 4 aliphatic rings. The van der Waals surface area contributed by atoms with Crippen LogP contribution in [0.2, 0.25) is 0 Å². The molecule has 4 fully saturated rings. The molecule has 2 atom stereocenters. The van der Waals surface area contributed by atoms with E-state index in [2.05, 4.69) is 29.8 Å². The van der Waals surface area contributed by atoms with Crippen LogP contribution < -0.4 is 21.4 Å². The summed E-state index contributed by atoms with van der Waals surface area (Å²) in [5.74, 6) is 0.316. The Labute approximate surface area is 233 Å². The predicted molar refractivity (Wildman–Crippen MR) is 153 cm³/mol. The highest BCUT2D eigenvalue weighted by Crippen LogP contribution is 2.66. The highest BCUT2D eigenvalue weighted by Gasteiger charge is 2.60. The maximum atomic E-state index is 13.0. The van der Waals surface area contributed by atoms with Crippen molar-refractivity contribution in [1.82, 2.24) is 16.1 Å². The van der Waals surface area contributed by atoms with Crippen LogP contribution in [0.25, 0.3) is 0 Å². The molecule has 0 radical (unpaired) electrons. The van der Waals surface area contributed by atoms with E-state index in [1.807, 2.05) is 0 Å². The molecule has 0 heterocycles. The van der Waals surface area contributed by atoms with Crippen LogP contribution >= 0.6 is 0 Å². The second-order valence-electron chi connectivity index (χ2n) is 13.4. The van der Waals surface area contributed by atoms with Gasteiger partial charge in [0.1, 0.15) is 0 Å². The van der Waals surface area contributed by atoms with Crippen LogP contribution in [0, 0.1) is 16.7 Å². The maximum Gasteiger partial charge on any atom is 0.319 e. The Morgan fingerprint density at radius 2 is 1.41 bits per heavy atom. The molecule has 4 amide bonds. The number of urea groups is 1. The molecule has 4 bridgehead atoms. The summed E-state index contributed by atoms with van der Waals surface area (Å²) in [6, 6.07) is 6.99. The number of carbonyl (C=O) groups excluding carboxylic acids is 3. The van der Waals surface area contributed by atoms with Gasteiger partial charge in [-0.15, -0.1) is 0 Å². The van der Waals surface area contributed by atoms with E-state index in [1.165, 1.54) is 19.3 Å². The Bertz CT molecular complexity index is 992. The van der Waals surface area contributed by atoms with Crippen molar-refractivity contribution in [1.29, 1.82) is 0 Å². The molecule has 1 aromatic carbocycles. The number of hydrogen-bond acceptors (Lipinski definition) is 4. The molecule has 0 aromatic heterocycles. The third-order valence-electron chi connectivity index (χ3n) is 9.15. The second kappa shape index (κ2) is 12.7. The SMILES string of the molecule is CC12CC3CC(C)(C1)CC(NC(=O)Nc1ccc(C(=O)NCCCCCCCCCCC(=O)NO)cc1)(C3)C2. The Morgan fingerprint density at radius 3 is 2.00 bits per heavy atom. The smallest absolute Gasteiger partial charge is 0.319 e. The molecule has 8 nitrogen and oxygen atoms in total. The summed E-state index contributed by atoms with van der Waals surface area (Å²) >= 11 is 0. The molecule has 1 aromatic rings. The highest BCUT2D eigenvalue weighted by atomic mass is 16.5. The van der Waals surface area contributed by atoms with Crippen molar-refractivity contribution >= 4 is 23.5 Å². The fraction of sp³-hybridized carbons (Fsp3) is 0.710. The third-order valence-corrected chi connectivity index (χ3v) is 9.15. The van der Waals surface area contributed by atoms with Crippen molar-refractivity contribution in [3.63, 3.8) is 0 Å². The minimum Gasteiger partial charge on any atom is -0.352 e. The van der Waals surface area contributed by atoms with Crippen molar-refractivity contribution in [2.24, 2.45) is 16.7 Å². The van der Waals surface area contributed by atoms with Gasteiger partial charge in [-0.3, -0.25) is 14.8 Å². The van der Waals surface area contributed by atoms with Crippen LogP contribution in [0.5, 0.6) is 0 Å². The lowest BCUT2D eigenvalue weighted by atomic mass is 9.43. The molecule has 216 valence electrons. The van der Waals surface area contributed by atoms with Crippen molar-refractivity contribution in [3.8, 4) is 0 Å². The molecule has 8 heteroatoms. The van der Waals surface area contributed by atoms with Crippen molar-refractivity contribution in [3.05, 3.63) is 29.8 Å². The molecule has 4 aliphatic carbocycles. The van der Waals surface area contributed by atoms with Gasteiger partial charge in [0.05, 0.1) is 0 Å². The standard InChI is InChI=1S/C31H48N4O4/c1-29-17-23-18-30(2,20-29)22-31(19-23,21-29)34-28(38)33-25-14-12-24(13-15-25)27(37)32-16-10-8-6-4-3-5-7-9-11-26(36)35-39/h12-15,23,39H,3-11,16-22H2,1-2H3,(H,32,37)(H,35,36)(H2,33,34,38). The number of hydroxylamine groups is 1. The molecular formula is C31H48N4O4. The van der Waals surface area contributed by atoms with Gasteiger partial charge in [-0.1, -0.05) is 52.4 Å². The van der Waals surface area contributed by atoms with E-state index >= 15 is 0 Å². The number of unbranched alkanes of at least 4 members (excludes halogenated alkanes) is 7. The van der Waals surface area contributed by atoms with Gasteiger partial charge in [-0.25, -0.2) is 10.3 Å². The molecule has 2 unspecified atom stereocenters. The first-order valence-corrected chi connectivity index (χ1v) is 15.0. The van der Waals surface area contributed by atoms with E-state index in [1.54, 1.807) is 29.7 Å². The second-order valence-corrected chi connectivity index (χ2v) is 13.4. The topological polar surface area (TPSA) is 120 Å². The lowest BCUT2D eigenvalue weighted by Gasteiger charge is -2.65. The van der Waals surface area contributed by atoms with Gasteiger partial charge in [0.25, 0.3) is 5.91 Å². The van der Waals surface area contributed by atoms with Gasteiger partial charge in [0.2, 0.25) is 5.91 Å². The molecule has 0 spiro atoms. The average molecular weight is 541 g/mol. The molecule has 4 saturated carbocycles. The molecular weight excluding hydrogens is 492 g/mol. The largest absolute Gasteiger partial charge is 0.352 e. The number of amides is 4. The first kappa shape index (κ1) is 29.4. The van der Waals surface area contributed by atoms with E-state index in [-0.39, 0.29) is 23.4 Å². The zero-order valence-electron chi connectivity index (χ0n) is 23.9. The number of rotatable bonds is 14. The van der Waals surface area contributed by atoms with Crippen molar-refractivity contribution in [2.75, 3.05) is 11.9 Å². The summed E-state index contributed by atoms with van der Waals surface area (Å²) in [6.45, 7) is 5.46. The normalized spacial score (nSPS) is 28.6. The number of carbonyl (C=O) groups is 3. The third kappa shape index (κ3) is 8.19. The van der Waals surface area contributed by atoms with E-state index in [9.17, 15) is 14.4 Å². The lowest BCUT2D eigenvalue weighted by Crippen LogP contribution is -2.65. The number of nitrogens with one attached hydrogen (secondary N) is 4. The van der Waals surface area contributed by atoms with Gasteiger partial charge in [-0.05, 0) is 92.4 Å². The molecule has 0 aliphatic heterocycles. The van der Waals surface area contributed by atoms with Crippen molar-refractivity contribution in [2.45, 2.75) is 116 Å². The first-order chi connectivity index (χ1) is 18.6. The van der Waals surface area contributed by atoms with E-state index in [0.717, 1.165) is 76.5 Å². The Kier molecular flexibility index (Phi) is 9.57. The van der Waals surface area contributed by atoms with Crippen LogP contribution in [-0.4, -0.2) is 35.1 Å². The zero-order valence-corrected chi connectivity index (χ0v) is 23.9. The molecule has 0 saturated heterocycles. The lowest BCUT2D eigenvalue weighted by molar-refractivity contribution is -0.129.